The molecule has 0 aromatic carbocycles. The van der Waals surface area contributed by atoms with Gasteiger partial charge < -0.3 is 0 Å². The molecule has 0 N–H and O–H groups in total. The Bertz CT molecular complexity index is 193. The Morgan fingerprint density at radius 1 is 1.31 bits per heavy atom. The zero-order chi connectivity index (χ0) is 9.68. The monoisotopic (exact) mass is 180 g/mol. The average molecular weight is 180 g/mol. The zero-order valence-corrected chi connectivity index (χ0v) is 8.75. The van der Waals surface area contributed by atoms with Crippen LogP contribution in [0.5, 0.6) is 0 Å². The van der Waals surface area contributed by atoms with Gasteiger partial charge in [0.05, 0.1) is 0 Å². The molecule has 0 amide bonds. The topological polar surface area (TPSA) is 17.1 Å². The highest BCUT2D eigenvalue weighted by atomic mass is 16.1. The van der Waals surface area contributed by atoms with E-state index in [1.807, 2.05) is 0 Å². The summed E-state index contributed by atoms with van der Waals surface area (Å²) in [6.45, 7) is 3.95. The zero-order valence-electron chi connectivity index (χ0n) is 8.75. The van der Waals surface area contributed by atoms with Gasteiger partial charge in [0.15, 0.2) is 0 Å². The molecule has 13 heavy (non-hydrogen) atoms. The second-order valence-electron chi connectivity index (χ2n) is 4.01. The molecule has 1 nitrogen and oxygen atoms in total. The summed E-state index contributed by atoms with van der Waals surface area (Å²) in [7, 11) is 0. The number of hydrogen-bond donors (Lipinski definition) is 0. The summed E-state index contributed by atoms with van der Waals surface area (Å²) < 4.78 is 0. The molecular formula is C12H20O. The SMILES string of the molecule is CC[C@@H]1CC/C=C\CCC1C(C)=O. The number of carbonyl (C=O) groups excluding carboxylic acids is 1. The highest BCUT2D eigenvalue weighted by Crippen LogP contribution is 2.28. The van der Waals surface area contributed by atoms with E-state index in [-0.39, 0.29) is 0 Å². The summed E-state index contributed by atoms with van der Waals surface area (Å²) in [4.78, 5) is 11.4. The lowest BCUT2D eigenvalue weighted by Crippen LogP contribution is -2.22. The first-order valence-corrected chi connectivity index (χ1v) is 5.41. The van der Waals surface area contributed by atoms with Gasteiger partial charge in [-0.05, 0) is 38.5 Å². The molecule has 0 bridgehead atoms. The summed E-state index contributed by atoms with van der Waals surface area (Å²) in [5, 5.41) is 0. The maximum Gasteiger partial charge on any atom is 0.133 e. The van der Waals surface area contributed by atoms with E-state index in [9.17, 15) is 4.79 Å². The number of carbonyl (C=O) groups is 1. The van der Waals surface area contributed by atoms with Crippen molar-refractivity contribution in [3.8, 4) is 0 Å². The lowest BCUT2D eigenvalue weighted by Gasteiger charge is -2.24. The Morgan fingerprint density at radius 3 is 2.46 bits per heavy atom. The summed E-state index contributed by atoms with van der Waals surface area (Å²) in [5.41, 5.74) is 0. The van der Waals surface area contributed by atoms with E-state index >= 15 is 0 Å². The summed E-state index contributed by atoms with van der Waals surface area (Å²) in [6, 6.07) is 0. The molecular weight excluding hydrogens is 160 g/mol. The second-order valence-corrected chi connectivity index (χ2v) is 4.01. The van der Waals surface area contributed by atoms with Crippen LogP contribution in [0, 0.1) is 11.8 Å². The van der Waals surface area contributed by atoms with Gasteiger partial charge in [-0.3, -0.25) is 4.79 Å². The van der Waals surface area contributed by atoms with E-state index in [2.05, 4.69) is 19.1 Å². The van der Waals surface area contributed by atoms with Gasteiger partial charge in [0.25, 0.3) is 0 Å². The molecule has 74 valence electrons. The molecule has 1 unspecified atom stereocenters. The Labute approximate surface area is 81.2 Å². The maximum atomic E-state index is 11.4. The molecule has 0 spiro atoms. The molecule has 1 rings (SSSR count). The fourth-order valence-corrected chi connectivity index (χ4v) is 2.28. The summed E-state index contributed by atoms with van der Waals surface area (Å²) in [5.74, 6) is 1.35. The van der Waals surface area contributed by atoms with Crippen LogP contribution in [0.4, 0.5) is 0 Å². The minimum atomic E-state index is 0.329. The van der Waals surface area contributed by atoms with E-state index < -0.39 is 0 Å². The van der Waals surface area contributed by atoms with Crippen molar-refractivity contribution in [2.75, 3.05) is 0 Å². The molecule has 0 saturated carbocycles. The number of hydrogen-bond acceptors (Lipinski definition) is 1. The van der Waals surface area contributed by atoms with E-state index in [4.69, 9.17) is 0 Å². The Balaban J connectivity index is 2.63. The Morgan fingerprint density at radius 2 is 1.92 bits per heavy atom. The molecule has 0 heterocycles. The molecule has 0 aromatic heterocycles. The fraction of sp³-hybridized carbons (Fsp3) is 0.750. The van der Waals surface area contributed by atoms with Crippen molar-refractivity contribution in [3.05, 3.63) is 12.2 Å². The van der Waals surface area contributed by atoms with Crippen LogP contribution >= 0.6 is 0 Å². The van der Waals surface area contributed by atoms with Crippen LogP contribution in [0.1, 0.15) is 46.0 Å². The third-order valence-electron chi connectivity index (χ3n) is 3.13. The van der Waals surface area contributed by atoms with E-state index in [0.717, 1.165) is 25.7 Å². The van der Waals surface area contributed by atoms with Crippen LogP contribution in [0.3, 0.4) is 0 Å². The number of ketones is 1. The van der Waals surface area contributed by atoms with Gasteiger partial charge in [-0.1, -0.05) is 25.5 Å². The fourth-order valence-electron chi connectivity index (χ4n) is 2.28. The van der Waals surface area contributed by atoms with E-state index in [0.29, 0.717) is 17.6 Å². The molecule has 2 atom stereocenters. The highest BCUT2D eigenvalue weighted by molar-refractivity contribution is 5.78. The van der Waals surface area contributed by atoms with E-state index in [1.54, 1.807) is 6.92 Å². The lowest BCUT2D eigenvalue weighted by atomic mass is 9.80. The maximum absolute atomic E-state index is 11.4. The van der Waals surface area contributed by atoms with Crippen LogP contribution in [-0.2, 0) is 4.79 Å². The average Bonchev–Trinajstić information content (AvgIpc) is 2.03. The quantitative estimate of drug-likeness (QED) is 0.596. The molecule has 0 saturated heterocycles. The molecule has 1 aliphatic rings. The van der Waals surface area contributed by atoms with Crippen molar-refractivity contribution in [2.24, 2.45) is 11.8 Å². The molecule has 1 aliphatic carbocycles. The number of rotatable bonds is 2. The number of allylic oxidation sites excluding steroid dienone is 2. The number of Topliss-reactive ketones (excluding diaryl/α,β-unsaturated/α-hetero) is 1. The van der Waals surface area contributed by atoms with Gasteiger partial charge in [-0.15, -0.1) is 0 Å². The van der Waals surface area contributed by atoms with Crippen LogP contribution in [0.2, 0.25) is 0 Å². The van der Waals surface area contributed by atoms with Gasteiger partial charge in [0.2, 0.25) is 0 Å². The lowest BCUT2D eigenvalue weighted by molar-refractivity contribution is -0.122. The van der Waals surface area contributed by atoms with Gasteiger partial charge in [0.1, 0.15) is 5.78 Å². The van der Waals surface area contributed by atoms with Gasteiger partial charge in [-0.2, -0.15) is 0 Å². The van der Waals surface area contributed by atoms with Crippen LogP contribution in [0.25, 0.3) is 0 Å². The first kappa shape index (κ1) is 10.5. The Kier molecular flexibility index (Phi) is 4.20. The molecule has 1 heteroatoms. The first-order valence-electron chi connectivity index (χ1n) is 5.41. The normalized spacial score (nSPS) is 31.8. The summed E-state index contributed by atoms with van der Waals surface area (Å²) in [6.07, 6.45) is 10.1. The molecule has 0 aromatic rings. The van der Waals surface area contributed by atoms with Crippen molar-refractivity contribution < 1.29 is 4.79 Å². The predicted molar refractivity (Wildman–Crippen MR) is 55.6 cm³/mol. The van der Waals surface area contributed by atoms with Crippen LogP contribution in [0.15, 0.2) is 12.2 Å². The van der Waals surface area contributed by atoms with Crippen molar-refractivity contribution in [1.29, 1.82) is 0 Å². The first-order chi connectivity index (χ1) is 6.25. The van der Waals surface area contributed by atoms with E-state index in [1.165, 1.54) is 6.42 Å². The second kappa shape index (κ2) is 5.21. The minimum Gasteiger partial charge on any atom is -0.300 e. The predicted octanol–water partition coefficient (Wildman–Crippen LogP) is 3.35. The minimum absolute atomic E-state index is 0.329. The third-order valence-corrected chi connectivity index (χ3v) is 3.13. The smallest absolute Gasteiger partial charge is 0.133 e. The highest BCUT2D eigenvalue weighted by Gasteiger charge is 2.23. The third kappa shape index (κ3) is 2.98. The molecule has 0 aliphatic heterocycles. The van der Waals surface area contributed by atoms with Crippen LogP contribution < -0.4 is 0 Å². The van der Waals surface area contributed by atoms with Crippen LogP contribution in [-0.4, -0.2) is 5.78 Å². The van der Waals surface area contributed by atoms with Crippen molar-refractivity contribution in [2.45, 2.75) is 46.0 Å². The standard InChI is InChI=1S/C12H20O/c1-3-11-8-6-4-5-7-9-12(11)10(2)13/h4-5,11-12H,3,6-9H2,1-2H3/b5-4-/t11-,12?/m1/s1. The largest absolute Gasteiger partial charge is 0.300 e. The molecule has 0 fully saturated rings. The molecule has 0 radical (unpaired) electrons. The van der Waals surface area contributed by atoms with Gasteiger partial charge in [0, 0.05) is 5.92 Å². The van der Waals surface area contributed by atoms with Crippen molar-refractivity contribution in [1.82, 2.24) is 0 Å². The van der Waals surface area contributed by atoms with Crippen molar-refractivity contribution in [3.63, 3.8) is 0 Å². The van der Waals surface area contributed by atoms with Crippen molar-refractivity contribution >= 4 is 5.78 Å². The summed E-state index contributed by atoms with van der Waals surface area (Å²) >= 11 is 0. The van der Waals surface area contributed by atoms with Gasteiger partial charge in [-0.25, -0.2) is 0 Å². The Hall–Kier alpha value is -0.590. The van der Waals surface area contributed by atoms with Gasteiger partial charge >= 0.3 is 0 Å².